The number of hydrogen-bond donors (Lipinski definition) is 1. The lowest BCUT2D eigenvalue weighted by Gasteiger charge is -2.30. The van der Waals surface area contributed by atoms with Crippen molar-refractivity contribution >= 4 is 16.0 Å². The minimum absolute atomic E-state index is 0.164. The zero-order valence-corrected chi connectivity index (χ0v) is 20.7. The van der Waals surface area contributed by atoms with Gasteiger partial charge in [-0.3, -0.25) is 0 Å². The number of piperidine rings is 1. The van der Waals surface area contributed by atoms with Crippen LogP contribution in [-0.4, -0.2) is 69.7 Å². The van der Waals surface area contributed by atoms with Crippen LogP contribution in [0.1, 0.15) is 24.1 Å². The van der Waals surface area contributed by atoms with Crippen LogP contribution in [0, 0.1) is 0 Å². The maximum atomic E-state index is 13.7. The molecule has 0 amide bonds. The van der Waals surface area contributed by atoms with Crippen molar-refractivity contribution in [1.82, 2.24) is 28.8 Å². The van der Waals surface area contributed by atoms with Crippen molar-refractivity contribution in [3.05, 3.63) is 42.1 Å². The van der Waals surface area contributed by atoms with Crippen molar-refractivity contribution in [3.63, 3.8) is 0 Å². The van der Waals surface area contributed by atoms with E-state index < -0.39 is 45.0 Å². The lowest BCUT2D eigenvalue weighted by atomic mass is 10.1. The van der Waals surface area contributed by atoms with Crippen molar-refractivity contribution in [3.8, 4) is 23.0 Å². The molecule has 0 spiro atoms. The van der Waals surface area contributed by atoms with Crippen LogP contribution in [0.4, 0.5) is 32.3 Å². The summed E-state index contributed by atoms with van der Waals surface area (Å²) >= 11 is 0. The van der Waals surface area contributed by atoms with Crippen LogP contribution in [0.3, 0.4) is 0 Å². The monoisotopic (exact) mass is 565 g/mol. The molecular weight excluding hydrogens is 544 g/mol. The smallest absolute Gasteiger partial charge is 0.435 e. The Hall–Kier alpha value is -3.47. The first-order valence-corrected chi connectivity index (χ1v) is 12.8. The van der Waals surface area contributed by atoms with Gasteiger partial charge in [0, 0.05) is 37.6 Å². The first-order chi connectivity index (χ1) is 17.7. The standard InChI is InChI=1S/C21H21F6N7O3S/c1-37-16-4-3-15(18(31-16)21(25,26)27)33-10-14(29-11-33)17-13(20(22,23)24)9-28-19(32-17)30-12-5-7-34(8-6-12)38(2,35)36/h3-4,9-12H,5-8H2,1-2H3,(H,28,30,32). The molecule has 0 bridgehead atoms. The van der Waals surface area contributed by atoms with Crippen LogP contribution in [-0.2, 0) is 22.4 Å². The fourth-order valence-corrected chi connectivity index (χ4v) is 4.78. The van der Waals surface area contributed by atoms with E-state index in [0.29, 0.717) is 19.0 Å². The molecule has 1 saturated heterocycles. The van der Waals surface area contributed by atoms with Gasteiger partial charge in [0.1, 0.15) is 23.3 Å². The van der Waals surface area contributed by atoms with Crippen LogP contribution in [0.5, 0.6) is 5.88 Å². The molecule has 3 aromatic rings. The maximum absolute atomic E-state index is 13.7. The minimum Gasteiger partial charge on any atom is -0.481 e. The molecule has 0 aromatic carbocycles. The second kappa shape index (κ2) is 10.0. The summed E-state index contributed by atoms with van der Waals surface area (Å²) in [6, 6.07) is 1.92. The molecule has 1 fully saturated rings. The molecule has 4 rings (SSSR count). The number of nitrogens with zero attached hydrogens (tertiary/aromatic N) is 6. The molecular formula is C21H21F6N7O3S. The van der Waals surface area contributed by atoms with E-state index in [-0.39, 0.29) is 36.7 Å². The number of aromatic nitrogens is 5. The third-order valence-electron chi connectivity index (χ3n) is 5.78. The molecule has 17 heteroatoms. The van der Waals surface area contributed by atoms with Gasteiger partial charge in [0.25, 0.3) is 0 Å². The highest BCUT2D eigenvalue weighted by Crippen LogP contribution is 2.37. The number of pyridine rings is 1. The van der Waals surface area contributed by atoms with E-state index in [0.717, 1.165) is 36.5 Å². The number of rotatable bonds is 6. The van der Waals surface area contributed by atoms with E-state index >= 15 is 0 Å². The van der Waals surface area contributed by atoms with Gasteiger partial charge in [0.05, 0.1) is 19.1 Å². The fraction of sp³-hybridized carbons (Fsp3) is 0.429. The number of imidazole rings is 1. The van der Waals surface area contributed by atoms with E-state index in [4.69, 9.17) is 4.74 Å². The predicted octanol–water partition coefficient (Wildman–Crippen LogP) is 3.61. The molecule has 3 aromatic heterocycles. The fourth-order valence-electron chi connectivity index (χ4n) is 3.91. The topological polar surface area (TPSA) is 115 Å². The van der Waals surface area contributed by atoms with Crippen molar-refractivity contribution in [2.45, 2.75) is 31.2 Å². The van der Waals surface area contributed by atoms with Crippen LogP contribution >= 0.6 is 0 Å². The van der Waals surface area contributed by atoms with Gasteiger partial charge in [-0.25, -0.2) is 32.7 Å². The summed E-state index contributed by atoms with van der Waals surface area (Å²) in [6.07, 6.45) is -5.48. The quantitative estimate of drug-likeness (QED) is 0.451. The molecule has 4 heterocycles. The molecule has 0 unspecified atom stereocenters. The van der Waals surface area contributed by atoms with Gasteiger partial charge >= 0.3 is 12.4 Å². The van der Waals surface area contributed by atoms with Gasteiger partial charge in [-0.05, 0) is 18.9 Å². The molecule has 10 nitrogen and oxygen atoms in total. The normalized spacial score (nSPS) is 16.0. The van der Waals surface area contributed by atoms with Gasteiger partial charge in [-0.15, -0.1) is 0 Å². The lowest BCUT2D eigenvalue weighted by molar-refractivity contribution is -0.141. The highest BCUT2D eigenvalue weighted by Gasteiger charge is 2.38. The summed E-state index contributed by atoms with van der Waals surface area (Å²) in [5.74, 6) is -0.461. The van der Waals surface area contributed by atoms with E-state index in [9.17, 15) is 34.8 Å². The number of methoxy groups -OCH3 is 1. The number of halogens is 6. The second-order valence-corrected chi connectivity index (χ2v) is 10.4. The molecule has 0 saturated carbocycles. The Kier molecular flexibility index (Phi) is 7.26. The van der Waals surface area contributed by atoms with Crippen molar-refractivity contribution in [1.29, 1.82) is 0 Å². The molecule has 0 atom stereocenters. The van der Waals surface area contributed by atoms with Gasteiger partial charge in [-0.1, -0.05) is 0 Å². The average molecular weight is 566 g/mol. The third-order valence-corrected chi connectivity index (χ3v) is 7.08. The molecule has 1 N–H and O–H groups in total. The first-order valence-electron chi connectivity index (χ1n) is 11.0. The van der Waals surface area contributed by atoms with Gasteiger partial charge in [-0.2, -0.15) is 26.3 Å². The molecule has 206 valence electrons. The first kappa shape index (κ1) is 27.6. The number of sulfonamides is 1. The zero-order valence-electron chi connectivity index (χ0n) is 19.9. The second-order valence-electron chi connectivity index (χ2n) is 8.42. The van der Waals surface area contributed by atoms with Crippen LogP contribution in [0.2, 0.25) is 0 Å². The molecule has 0 radical (unpaired) electrons. The van der Waals surface area contributed by atoms with E-state index in [1.807, 2.05) is 0 Å². The van der Waals surface area contributed by atoms with E-state index in [1.165, 1.54) is 10.4 Å². The Balaban J connectivity index is 1.67. The van der Waals surface area contributed by atoms with Crippen molar-refractivity contribution in [2.24, 2.45) is 0 Å². The summed E-state index contributed by atoms with van der Waals surface area (Å²) < 4.78 is 112. The molecule has 38 heavy (non-hydrogen) atoms. The van der Waals surface area contributed by atoms with Gasteiger partial charge in [0.2, 0.25) is 21.9 Å². The summed E-state index contributed by atoms with van der Waals surface area (Å²) in [5, 5.41) is 2.90. The Bertz CT molecular complexity index is 1420. The van der Waals surface area contributed by atoms with Crippen LogP contribution < -0.4 is 10.1 Å². The summed E-state index contributed by atoms with van der Waals surface area (Å²) in [4.78, 5) is 15.0. The largest absolute Gasteiger partial charge is 0.481 e. The average Bonchev–Trinajstić information content (AvgIpc) is 3.32. The number of alkyl halides is 6. The van der Waals surface area contributed by atoms with Gasteiger partial charge in [0.15, 0.2) is 5.69 Å². The molecule has 0 aliphatic carbocycles. The van der Waals surface area contributed by atoms with Crippen molar-refractivity contribution < 1.29 is 39.5 Å². The summed E-state index contributed by atoms with van der Waals surface area (Å²) in [6.45, 7) is 0.428. The van der Waals surface area contributed by atoms with E-state index in [1.54, 1.807) is 0 Å². The minimum atomic E-state index is -4.88. The summed E-state index contributed by atoms with van der Waals surface area (Å²) in [7, 11) is -2.22. The Morgan fingerprint density at radius 3 is 2.29 bits per heavy atom. The number of hydrogen-bond acceptors (Lipinski definition) is 8. The Morgan fingerprint density at radius 2 is 1.71 bits per heavy atom. The highest BCUT2D eigenvalue weighted by atomic mass is 32.2. The van der Waals surface area contributed by atoms with Crippen LogP contribution in [0.25, 0.3) is 17.1 Å². The highest BCUT2D eigenvalue weighted by molar-refractivity contribution is 7.88. The number of nitrogens with one attached hydrogen (secondary N) is 1. The van der Waals surface area contributed by atoms with Gasteiger partial charge < -0.3 is 14.6 Å². The number of anilines is 1. The Labute approximate surface area is 212 Å². The summed E-state index contributed by atoms with van der Waals surface area (Å²) in [5.41, 5.74) is -4.02. The molecule has 1 aliphatic heterocycles. The number of ether oxygens (including phenoxy) is 1. The SMILES string of the molecule is COc1ccc(-n2cnc(-c3nc(NC4CCN(S(C)(=O)=O)CC4)ncc3C(F)(F)F)c2)c(C(F)(F)F)n1. The zero-order chi connectivity index (χ0) is 27.9. The maximum Gasteiger partial charge on any atom is 0.435 e. The predicted molar refractivity (Wildman–Crippen MR) is 122 cm³/mol. The Morgan fingerprint density at radius 1 is 1.03 bits per heavy atom. The third kappa shape index (κ3) is 5.98. The lowest BCUT2D eigenvalue weighted by Crippen LogP contribution is -2.42. The molecule has 1 aliphatic rings. The van der Waals surface area contributed by atoms with E-state index in [2.05, 4.69) is 25.3 Å². The van der Waals surface area contributed by atoms with Crippen molar-refractivity contribution in [2.75, 3.05) is 31.8 Å². The van der Waals surface area contributed by atoms with Crippen LogP contribution in [0.15, 0.2) is 30.9 Å².